The van der Waals surface area contributed by atoms with Crippen molar-refractivity contribution in [2.24, 2.45) is 0 Å². The maximum atomic E-state index is 13.3. The van der Waals surface area contributed by atoms with Gasteiger partial charge < -0.3 is 34.3 Å². The molecule has 2 unspecified atom stereocenters. The Kier molecular flexibility index (Phi) is 8.20. The summed E-state index contributed by atoms with van der Waals surface area (Å²) in [5.74, 6) is 5.92. The number of nitrogens with zero attached hydrogens (tertiary/aromatic N) is 5. The van der Waals surface area contributed by atoms with Gasteiger partial charge in [-0.05, 0) is 23.9 Å². The molecule has 0 spiro atoms. The fraction of sp³-hybridized carbons (Fsp3) is 0.455. The third-order valence-corrected chi connectivity index (χ3v) is 9.76. The fourth-order valence-electron chi connectivity index (χ4n) is 4.63. The van der Waals surface area contributed by atoms with E-state index in [9.17, 15) is 14.6 Å². The van der Waals surface area contributed by atoms with Gasteiger partial charge in [0, 0.05) is 24.4 Å². The molecule has 9 atom stereocenters. The van der Waals surface area contributed by atoms with Crippen LogP contribution in [-0.2, 0) is 43.9 Å². The first-order chi connectivity index (χ1) is 19.6. The molecule has 6 rings (SSSR count). The minimum Gasteiger partial charge on any atom is -0.387 e. The molecule has 4 N–H and O–H groups in total. The van der Waals surface area contributed by atoms with Gasteiger partial charge in [0.25, 0.3) is 0 Å². The van der Waals surface area contributed by atoms with Crippen LogP contribution in [0.2, 0.25) is 0 Å². The number of nitrogens with two attached hydrogens (primary N) is 1. The van der Waals surface area contributed by atoms with Crippen LogP contribution in [0, 0.1) is 11.8 Å². The van der Waals surface area contributed by atoms with Gasteiger partial charge in [0.15, 0.2) is 11.5 Å². The Hall–Kier alpha value is -2.03. The number of thiol groups is 1. The summed E-state index contributed by atoms with van der Waals surface area (Å²) >= 11 is 9.37. The summed E-state index contributed by atoms with van der Waals surface area (Å²) in [4.78, 5) is 27.3. The average molecular weight is 643 g/mol. The number of imidazole rings is 1. The van der Waals surface area contributed by atoms with Crippen LogP contribution in [-0.4, -0.2) is 84.3 Å². The van der Waals surface area contributed by atoms with Gasteiger partial charge in [-0.3, -0.25) is 18.6 Å². The summed E-state index contributed by atoms with van der Waals surface area (Å²) in [6, 6.07) is 3.45. The lowest BCUT2D eigenvalue weighted by atomic mass is 10.1. The minimum absolute atomic E-state index is 0.167. The molecule has 3 aromatic rings. The van der Waals surface area contributed by atoms with Crippen LogP contribution in [0.1, 0.15) is 18.2 Å². The first-order valence-electron chi connectivity index (χ1n) is 12.2. The summed E-state index contributed by atoms with van der Waals surface area (Å²) in [6.45, 7) is -8.70. The molecular formula is C22H24N6O9P2S2. The number of aliphatic hydroxyl groups excluding tert-OH is 1. The number of hydrogen-bond donors (Lipinski definition) is 4. The molecule has 0 aliphatic carbocycles. The molecule has 0 saturated carbocycles. The largest absolute Gasteiger partial charge is 0.387 e. The Balaban J connectivity index is 1.25. The summed E-state index contributed by atoms with van der Waals surface area (Å²) in [7, 11) is 0. The van der Waals surface area contributed by atoms with Gasteiger partial charge >= 0.3 is 13.5 Å². The number of aromatic nitrogens is 5. The first kappa shape index (κ1) is 29.1. The van der Waals surface area contributed by atoms with Crippen LogP contribution in [0.5, 0.6) is 0 Å². The van der Waals surface area contributed by atoms with E-state index in [1.807, 2.05) is 0 Å². The third kappa shape index (κ3) is 6.35. The van der Waals surface area contributed by atoms with Gasteiger partial charge in [0.2, 0.25) is 0 Å². The van der Waals surface area contributed by atoms with Crippen LogP contribution >= 0.6 is 25.8 Å². The van der Waals surface area contributed by atoms with Crippen molar-refractivity contribution in [2.45, 2.75) is 49.3 Å². The van der Waals surface area contributed by atoms with Crippen molar-refractivity contribution in [3.63, 3.8) is 0 Å². The van der Waals surface area contributed by atoms with Crippen LogP contribution in [0.25, 0.3) is 11.2 Å². The topological polar surface area (TPSA) is 195 Å². The molecule has 0 aromatic carbocycles. The number of aliphatic hydroxyl groups is 1. The summed E-state index contributed by atoms with van der Waals surface area (Å²) in [5.41, 5.74) is 7.29. The monoisotopic (exact) mass is 642 g/mol. The highest BCUT2D eigenvalue weighted by Crippen LogP contribution is 2.57. The molecule has 0 amide bonds. The van der Waals surface area contributed by atoms with E-state index in [4.69, 9.17) is 45.1 Å². The van der Waals surface area contributed by atoms with E-state index in [-0.39, 0.29) is 25.5 Å². The van der Waals surface area contributed by atoms with Gasteiger partial charge in [-0.1, -0.05) is 24.1 Å². The molecule has 3 aromatic heterocycles. The Morgan fingerprint density at radius 2 is 1.98 bits per heavy atom. The number of pyridine rings is 1. The number of anilines is 1. The van der Waals surface area contributed by atoms with Crippen molar-refractivity contribution in [3.8, 4) is 11.8 Å². The summed E-state index contributed by atoms with van der Waals surface area (Å²) in [6.07, 6.45) is -1.04. The number of nitrogen functional groups attached to an aromatic ring is 1. The van der Waals surface area contributed by atoms with Gasteiger partial charge in [-0.25, -0.2) is 19.5 Å². The molecule has 19 heteroatoms. The van der Waals surface area contributed by atoms with Gasteiger partial charge in [-0.2, -0.15) is 0 Å². The summed E-state index contributed by atoms with van der Waals surface area (Å²) < 4.78 is 49.5. The van der Waals surface area contributed by atoms with Crippen molar-refractivity contribution in [1.82, 2.24) is 24.5 Å². The molecule has 3 aliphatic rings. The second-order valence-corrected chi connectivity index (χ2v) is 15.0. The lowest BCUT2D eigenvalue weighted by molar-refractivity contribution is -0.0416. The predicted octanol–water partition coefficient (Wildman–Crippen LogP) is 1.34. The second kappa shape index (κ2) is 11.6. The molecule has 3 aliphatic heterocycles. The smallest absolute Gasteiger partial charge is 0.386 e. The Labute approximate surface area is 243 Å². The van der Waals surface area contributed by atoms with Crippen LogP contribution < -0.4 is 5.73 Å². The molecule has 3 fully saturated rings. The summed E-state index contributed by atoms with van der Waals surface area (Å²) in [5, 5.41) is 10.9. The van der Waals surface area contributed by atoms with Crippen LogP contribution in [0.4, 0.5) is 5.82 Å². The lowest BCUT2D eigenvalue weighted by Gasteiger charge is -2.25. The molecular weight excluding hydrogens is 618 g/mol. The Bertz CT molecular complexity index is 1590. The zero-order valence-corrected chi connectivity index (χ0v) is 24.4. The van der Waals surface area contributed by atoms with E-state index < -0.39 is 56.4 Å². The molecule has 3 saturated heterocycles. The second-order valence-electron chi connectivity index (χ2n) is 9.29. The molecule has 6 heterocycles. The van der Waals surface area contributed by atoms with Crippen molar-refractivity contribution in [1.29, 1.82) is 0 Å². The van der Waals surface area contributed by atoms with E-state index in [0.717, 1.165) is 0 Å². The molecule has 41 heavy (non-hydrogen) atoms. The lowest BCUT2D eigenvalue weighted by Crippen LogP contribution is -2.35. The maximum absolute atomic E-state index is 13.3. The molecule has 2 bridgehead atoms. The highest BCUT2D eigenvalue weighted by atomic mass is 32.7. The molecule has 0 radical (unpaired) electrons. The number of fused-ring (bicyclic) bond motifs is 4. The zero-order chi connectivity index (χ0) is 28.8. The van der Waals surface area contributed by atoms with Crippen LogP contribution in [0.3, 0.4) is 0 Å². The van der Waals surface area contributed by atoms with Crippen LogP contribution in [0.15, 0.2) is 37.2 Å². The van der Waals surface area contributed by atoms with Gasteiger partial charge in [0.05, 0.1) is 25.6 Å². The predicted molar refractivity (Wildman–Crippen MR) is 149 cm³/mol. The van der Waals surface area contributed by atoms with Crippen molar-refractivity contribution in [2.75, 3.05) is 18.9 Å². The number of ether oxygens (including phenoxy) is 2. The van der Waals surface area contributed by atoms with Crippen molar-refractivity contribution >= 4 is 54.6 Å². The quantitative estimate of drug-likeness (QED) is 0.169. The standard InChI is InChI=1S/C22H24N6O9P2S2/c23-21-18-22(26-10-25-21)28(11-27-18)17-6-14-15(35-17)8-32-39(31,41)37-20-13(4-3-12-2-1-5-24-7-12)34-16(19(20)29)9-33-38(30,40)36-14/h1-2,5,7,10-11,13-17,19-20,29H,6,8-9H2,(H,30,40)(H,31,41)(H2,23,25,26)/t13-,14-,15+,16+,17+,19+,20-,38?,39?/m0/s1. The SMILES string of the molecule is Nc1ncnc2c1ncn2[C@H]1C[C@@H]2OP(O)(=S)OC[C@H]3O[C@@H](C#Cc4cccnc4)[C@H](OP(=O)(S)OC[C@H]2O1)[C@@H]3O. The maximum Gasteiger partial charge on any atom is 0.386 e. The number of rotatable bonds is 1. The van der Waals surface area contributed by atoms with E-state index in [1.54, 1.807) is 29.1 Å². The highest BCUT2D eigenvalue weighted by molar-refractivity contribution is 8.44. The van der Waals surface area contributed by atoms with Gasteiger partial charge in [-0.15, -0.1) is 0 Å². The average Bonchev–Trinajstić information content (AvgIpc) is 3.62. The fourth-order valence-corrected chi connectivity index (χ4v) is 7.57. The normalized spacial score (nSPS) is 37.8. The van der Waals surface area contributed by atoms with E-state index in [1.165, 1.54) is 12.7 Å². The third-order valence-electron chi connectivity index (χ3n) is 6.56. The number of hydrogen-bond acceptors (Lipinski definition) is 14. The Morgan fingerprint density at radius 3 is 2.78 bits per heavy atom. The zero-order valence-electron chi connectivity index (χ0n) is 20.9. The van der Waals surface area contributed by atoms with E-state index in [0.29, 0.717) is 16.7 Å². The van der Waals surface area contributed by atoms with Crippen molar-refractivity contribution in [3.05, 3.63) is 42.7 Å². The van der Waals surface area contributed by atoms with Crippen molar-refractivity contribution < 1.29 is 42.1 Å². The molecule has 218 valence electrons. The first-order valence-corrected chi connectivity index (χ1v) is 17.5. The highest BCUT2D eigenvalue weighted by Gasteiger charge is 2.49. The Morgan fingerprint density at radius 1 is 1.15 bits per heavy atom. The van der Waals surface area contributed by atoms with E-state index in [2.05, 4.69) is 44.0 Å². The minimum atomic E-state index is -4.11. The van der Waals surface area contributed by atoms with E-state index >= 15 is 0 Å². The molecule has 15 nitrogen and oxygen atoms in total. The van der Waals surface area contributed by atoms with Gasteiger partial charge in [0.1, 0.15) is 48.6 Å².